The number of rotatable bonds is 1. The molecule has 5 fully saturated rings. The van der Waals surface area contributed by atoms with E-state index in [0.717, 1.165) is 25.7 Å². The molecule has 7 unspecified atom stereocenters. The van der Waals surface area contributed by atoms with Gasteiger partial charge < -0.3 is 9.47 Å². The minimum absolute atomic E-state index is 0.137. The van der Waals surface area contributed by atoms with Crippen LogP contribution >= 0.6 is 0 Å². The summed E-state index contributed by atoms with van der Waals surface area (Å²) >= 11 is 0. The van der Waals surface area contributed by atoms with Crippen LogP contribution in [0.2, 0.25) is 0 Å². The first-order chi connectivity index (χ1) is 9.98. The third-order valence-corrected chi connectivity index (χ3v) is 6.36. The van der Waals surface area contributed by atoms with Crippen molar-refractivity contribution in [2.24, 2.45) is 23.7 Å². The zero-order chi connectivity index (χ0) is 14.8. The molecule has 21 heavy (non-hydrogen) atoms. The molecule has 4 aliphatic heterocycles. The summed E-state index contributed by atoms with van der Waals surface area (Å²) in [6, 6.07) is 0. The maximum absolute atomic E-state index is 12.0. The first-order valence-electron chi connectivity index (χ1n) is 8.22. The van der Waals surface area contributed by atoms with E-state index in [1.807, 2.05) is 6.92 Å². The number of ether oxygens (including phenoxy) is 2. The van der Waals surface area contributed by atoms with Crippen LogP contribution in [0.5, 0.6) is 0 Å². The number of hydrogen-bond acceptors (Lipinski definition) is 5. The summed E-state index contributed by atoms with van der Waals surface area (Å²) in [5, 5.41) is 0. The summed E-state index contributed by atoms with van der Waals surface area (Å²) < 4.78 is 11.6. The molecule has 0 amide bonds. The van der Waals surface area contributed by atoms with E-state index in [1.54, 1.807) is 0 Å². The van der Waals surface area contributed by atoms with Gasteiger partial charge in [0.15, 0.2) is 5.60 Å². The molecule has 5 aliphatic rings. The van der Waals surface area contributed by atoms with Crippen molar-refractivity contribution in [1.29, 1.82) is 0 Å². The molecule has 1 spiro atoms. The van der Waals surface area contributed by atoms with Crippen LogP contribution < -0.4 is 0 Å². The topological polar surface area (TPSA) is 54.0 Å². The van der Waals surface area contributed by atoms with Gasteiger partial charge in [-0.2, -0.15) is 0 Å². The van der Waals surface area contributed by atoms with Crippen LogP contribution in [0.3, 0.4) is 0 Å². The molecule has 5 nitrogen and oxygen atoms in total. The molecule has 0 N–H and O–H groups in total. The van der Waals surface area contributed by atoms with Crippen molar-refractivity contribution < 1.29 is 24.0 Å². The number of hydrogen-bond donors (Lipinski definition) is 0. The summed E-state index contributed by atoms with van der Waals surface area (Å²) in [7, 11) is 0. The molecule has 118 valence electrons. The SMILES string of the molecule is CCC1CC2CC(=O)OC3OC4(C)CCC(C1C)C23OO4. The van der Waals surface area contributed by atoms with Crippen molar-refractivity contribution in [3.05, 3.63) is 0 Å². The van der Waals surface area contributed by atoms with Crippen LogP contribution in [0.15, 0.2) is 0 Å². The van der Waals surface area contributed by atoms with Crippen LogP contribution in [0.4, 0.5) is 0 Å². The summed E-state index contributed by atoms with van der Waals surface area (Å²) in [4.78, 5) is 23.6. The molecule has 0 radical (unpaired) electrons. The van der Waals surface area contributed by atoms with Crippen LogP contribution in [-0.2, 0) is 24.0 Å². The third kappa shape index (κ3) is 1.77. The van der Waals surface area contributed by atoms with E-state index in [2.05, 4.69) is 13.8 Å². The molecular weight excluding hydrogens is 272 g/mol. The molecule has 1 aliphatic carbocycles. The van der Waals surface area contributed by atoms with Crippen LogP contribution in [0.25, 0.3) is 0 Å². The molecule has 7 atom stereocenters. The van der Waals surface area contributed by atoms with Crippen molar-refractivity contribution >= 4 is 5.97 Å². The Balaban J connectivity index is 1.80. The maximum Gasteiger partial charge on any atom is 0.308 e. The zero-order valence-corrected chi connectivity index (χ0v) is 13.0. The lowest BCUT2D eigenvalue weighted by atomic mass is 9.56. The quantitative estimate of drug-likeness (QED) is 0.550. The van der Waals surface area contributed by atoms with Gasteiger partial charge in [-0.15, -0.1) is 0 Å². The van der Waals surface area contributed by atoms with Gasteiger partial charge in [-0.1, -0.05) is 20.3 Å². The monoisotopic (exact) mass is 296 g/mol. The minimum atomic E-state index is -0.795. The van der Waals surface area contributed by atoms with E-state index in [4.69, 9.17) is 19.2 Å². The van der Waals surface area contributed by atoms with Gasteiger partial charge in [0, 0.05) is 18.3 Å². The van der Waals surface area contributed by atoms with Gasteiger partial charge in [-0.3, -0.25) is 4.79 Å². The Morgan fingerprint density at radius 3 is 2.90 bits per heavy atom. The van der Waals surface area contributed by atoms with Gasteiger partial charge in [0.2, 0.25) is 12.1 Å². The fourth-order valence-electron chi connectivity index (χ4n) is 5.11. The largest absolute Gasteiger partial charge is 0.432 e. The molecule has 5 heteroatoms. The summed E-state index contributed by atoms with van der Waals surface area (Å²) in [6.45, 7) is 6.42. The van der Waals surface area contributed by atoms with Gasteiger partial charge in [-0.25, -0.2) is 9.78 Å². The van der Waals surface area contributed by atoms with E-state index in [9.17, 15) is 4.79 Å². The highest BCUT2D eigenvalue weighted by atomic mass is 17.3. The summed E-state index contributed by atoms with van der Waals surface area (Å²) in [6.07, 6.45) is 3.71. The molecule has 0 aromatic carbocycles. The average molecular weight is 296 g/mol. The van der Waals surface area contributed by atoms with Crippen LogP contribution in [-0.4, -0.2) is 23.6 Å². The number of esters is 1. The fourth-order valence-corrected chi connectivity index (χ4v) is 5.11. The van der Waals surface area contributed by atoms with Crippen molar-refractivity contribution in [2.75, 3.05) is 0 Å². The number of fused-ring (bicyclic) bond motifs is 2. The average Bonchev–Trinajstić information content (AvgIpc) is 2.67. The Labute approximate surface area is 125 Å². The summed E-state index contributed by atoms with van der Waals surface area (Å²) in [5.74, 6) is 0.653. The normalized spacial score (nSPS) is 55.6. The third-order valence-electron chi connectivity index (χ3n) is 6.36. The second-order valence-electron chi connectivity index (χ2n) is 7.40. The Bertz CT molecular complexity index is 466. The van der Waals surface area contributed by atoms with Crippen molar-refractivity contribution in [1.82, 2.24) is 0 Å². The molecule has 1 saturated carbocycles. The highest BCUT2D eigenvalue weighted by Crippen LogP contribution is 2.60. The molecule has 2 bridgehead atoms. The number of carbonyl (C=O) groups excluding carboxylic acids is 1. The lowest BCUT2D eigenvalue weighted by Gasteiger charge is -2.57. The smallest absolute Gasteiger partial charge is 0.308 e. The summed E-state index contributed by atoms with van der Waals surface area (Å²) in [5.41, 5.74) is -0.602. The van der Waals surface area contributed by atoms with Crippen molar-refractivity contribution in [3.63, 3.8) is 0 Å². The Kier molecular flexibility index (Phi) is 2.95. The predicted molar refractivity (Wildman–Crippen MR) is 72.7 cm³/mol. The molecule has 0 aromatic heterocycles. The van der Waals surface area contributed by atoms with E-state index in [-0.39, 0.29) is 11.9 Å². The molecule has 4 saturated heterocycles. The second-order valence-corrected chi connectivity index (χ2v) is 7.40. The van der Waals surface area contributed by atoms with Gasteiger partial charge in [0.05, 0.1) is 6.42 Å². The Morgan fingerprint density at radius 2 is 2.14 bits per heavy atom. The van der Waals surface area contributed by atoms with Crippen LogP contribution in [0.1, 0.15) is 52.9 Å². The van der Waals surface area contributed by atoms with E-state index >= 15 is 0 Å². The first-order valence-corrected chi connectivity index (χ1v) is 8.22. The lowest BCUT2D eigenvalue weighted by Crippen LogP contribution is -2.68. The van der Waals surface area contributed by atoms with E-state index in [1.165, 1.54) is 0 Å². The van der Waals surface area contributed by atoms with Gasteiger partial charge in [0.1, 0.15) is 0 Å². The van der Waals surface area contributed by atoms with Crippen molar-refractivity contribution in [2.45, 2.75) is 70.6 Å². The second kappa shape index (κ2) is 4.43. The minimum Gasteiger partial charge on any atom is -0.432 e. The van der Waals surface area contributed by atoms with Gasteiger partial charge in [0.25, 0.3) is 0 Å². The van der Waals surface area contributed by atoms with E-state index < -0.39 is 17.7 Å². The van der Waals surface area contributed by atoms with E-state index in [0.29, 0.717) is 24.2 Å². The Morgan fingerprint density at radius 1 is 1.33 bits per heavy atom. The standard InChI is InChI=1S/C16H24O5/c1-4-10-7-11-8-13(17)18-14-16(11)12(9(10)2)5-6-15(3,19-14)20-21-16/h9-12,14H,4-8H2,1-3H3. The van der Waals surface area contributed by atoms with Gasteiger partial charge >= 0.3 is 5.97 Å². The van der Waals surface area contributed by atoms with Crippen LogP contribution in [0, 0.1) is 23.7 Å². The van der Waals surface area contributed by atoms with Crippen molar-refractivity contribution in [3.8, 4) is 0 Å². The molecule has 5 rings (SSSR count). The highest BCUT2D eigenvalue weighted by molar-refractivity contribution is 5.71. The predicted octanol–water partition coefficient (Wildman–Crippen LogP) is 2.79. The first kappa shape index (κ1) is 14.0. The molecule has 0 aromatic rings. The maximum atomic E-state index is 12.0. The number of carbonyl (C=O) groups is 1. The molecule has 4 heterocycles. The highest BCUT2D eigenvalue weighted by Gasteiger charge is 2.69. The Hall–Kier alpha value is -0.650. The zero-order valence-electron chi connectivity index (χ0n) is 13.0. The lowest BCUT2D eigenvalue weighted by molar-refractivity contribution is -0.558. The van der Waals surface area contributed by atoms with Gasteiger partial charge in [-0.05, 0) is 31.6 Å². The fraction of sp³-hybridized carbons (Fsp3) is 0.938. The molecular formula is C16H24O5.